The third-order valence-corrected chi connectivity index (χ3v) is 5.15. The van der Waals surface area contributed by atoms with Crippen molar-refractivity contribution in [2.75, 3.05) is 0 Å². The van der Waals surface area contributed by atoms with E-state index in [0.717, 1.165) is 5.56 Å². The molecular weight excluding hydrogens is 427 g/mol. The van der Waals surface area contributed by atoms with E-state index in [9.17, 15) is 14.3 Å². The number of carbonyl (C=O) groups is 1. The predicted octanol–water partition coefficient (Wildman–Crippen LogP) is 5.19. The van der Waals surface area contributed by atoms with Crippen molar-refractivity contribution < 1.29 is 23.8 Å². The van der Waals surface area contributed by atoms with Crippen LogP contribution in [0.2, 0.25) is 0 Å². The summed E-state index contributed by atoms with van der Waals surface area (Å²) in [7, 11) is 0. The highest BCUT2D eigenvalue weighted by Crippen LogP contribution is 2.37. The summed E-state index contributed by atoms with van der Waals surface area (Å²) < 4.78 is 26.0. The van der Waals surface area contributed by atoms with Gasteiger partial charge in [-0.1, -0.05) is 48.5 Å². The molecule has 0 saturated heterocycles. The van der Waals surface area contributed by atoms with Gasteiger partial charge in [-0.2, -0.15) is 0 Å². The van der Waals surface area contributed by atoms with Crippen LogP contribution < -0.4 is 9.47 Å². The van der Waals surface area contributed by atoms with E-state index in [2.05, 4.69) is 15.9 Å². The maximum atomic E-state index is 14.7. The molecule has 0 unspecified atom stereocenters. The average molecular weight is 445 g/mol. The number of hydrogen-bond donors (Lipinski definition) is 1. The Morgan fingerprint density at radius 2 is 1.68 bits per heavy atom. The maximum absolute atomic E-state index is 14.7. The van der Waals surface area contributed by atoms with E-state index in [4.69, 9.17) is 9.47 Å². The Bertz CT molecular complexity index is 975. The molecule has 0 spiro atoms. The third kappa shape index (κ3) is 4.24. The molecule has 0 aliphatic carbocycles. The molecule has 3 aromatic rings. The van der Waals surface area contributed by atoms with Crippen molar-refractivity contribution in [3.8, 4) is 11.5 Å². The minimum atomic E-state index is -0.692. The Labute approximate surface area is 170 Å². The van der Waals surface area contributed by atoms with Crippen molar-refractivity contribution in [1.29, 1.82) is 0 Å². The second kappa shape index (κ2) is 8.99. The molecule has 4 nitrogen and oxygen atoms in total. The normalized spacial score (nSPS) is 10.6. The Kier molecular flexibility index (Phi) is 6.44. The molecule has 144 valence electrons. The predicted molar refractivity (Wildman–Crippen MR) is 107 cm³/mol. The van der Waals surface area contributed by atoms with Crippen LogP contribution in [0.4, 0.5) is 4.39 Å². The van der Waals surface area contributed by atoms with Crippen LogP contribution in [0.5, 0.6) is 11.5 Å². The molecule has 3 rings (SSSR count). The zero-order valence-electron chi connectivity index (χ0n) is 15.1. The lowest BCUT2D eigenvalue weighted by Crippen LogP contribution is -2.16. The topological polar surface area (TPSA) is 55.8 Å². The van der Waals surface area contributed by atoms with Gasteiger partial charge in [0.25, 0.3) is 0 Å². The molecule has 28 heavy (non-hydrogen) atoms. The van der Waals surface area contributed by atoms with Gasteiger partial charge in [0.15, 0.2) is 0 Å². The van der Waals surface area contributed by atoms with Gasteiger partial charge in [-0.3, -0.25) is 0 Å². The fraction of sp³-hybridized carbons (Fsp3) is 0.136. The zero-order valence-corrected chi connectivity index (χ0v) is 16.7. The van der Waals surface area contributed by atoms with Gasteiger partial charge in [0, 0.05) is 0 Å². The standard InChI is InChI=1S/C22H18BrFO4/c1-14-18(22(26)28-16-10-6-3-7-11-16)21(17(12-25)20(24)19(14)23)27-13-15-8-4-2-5-9-15/h2-11,25H,12-13H2,1H3. The molecule has 0 radical (unpaired) electrons. The van der Waals surface area contributed by atoms with Crippen LogP contribution in [0.3, 0.4) is 0 Å². The first-order chi connectivity index (χ1) is 13.5. The van der Waals surface area contributed by atoms with Gasteiger partial charge in [-0.15, -0.1) is 0 Å². The lowest BCUT2D eigenvalue weighted by molar-refractivity contribution is 0.0728. The number of ether oxygens (including phenoxy) is 2. The van der Waals surface area contributed by atoms with Crippen molar-refractivity contribution >= 4 is 21.9 Å². The van der Waals surface area contributed by atoms with Gasteiger partial charge in [0.2, 0.25) is 0 Å². The van der Waals surface area contributed by atoms with E-state index in [0.29, 0.717) is 11.3 Å². The fourth-order valence-electron chi connectivity index (χ4n) is 2.75. The summed E-state index contributed by atoms with van der Waals surface area (Å²) in [6.45, 7) is 1.08. The Morgan fingerprint density at radius 3 is 2.29 bits per heavy atom. The van der Waals surface area contributed by atoms with Crippen LogP contribution in [0.1, 0.15) is 27.0 Å². The van der Waals surface area contributed by atoms with Gasteiger partial charge in [-0.05, 0) is 46.1 Å². The van der Waals surface area contributed by atoms with Crippen LogP contribution in [0, 0.1) is 12.7 Å². The van der Waals surface area contributed by atoms with E-state index in [1.165, 1.54) is 0 Å². The number of para-hydroxylation sites is 1. The number of aliphatic hydroxyl groups excluding tert-OH is 1. The largest absolute Gasteiger partial charge is 0.487 e. The van der Waals surface area contributed by atoms with Crippen LogP contribution in [-0.2, 0) is 13.2 Å². The van der Waals surface area contributed by atoms with Crippen molar-refractivity contribution in [2.45, 2.75) is 20.1 Å². The minimum absolute atomic E-state index is 0.0227. The highest BCUT2D eigenvalue weighted by atomic mass is 79.9. The fourth-order valence-corrected chi connectivity index (χ4v) is 3.19. The first-order valence-electron chi connectivity index (χ1n) is 8.58. The summed E-state index contributed by atoms with van der Waals surface area (Å²) in [5.41, 5.74) is 1.14. The number of esters is 1. The van der Waals surface area contributed by atoms with E-state index >= 15 is 0 Å². The number of hydrogen-bond acceptors (Lipinski definition) is 4. The number of aliphatic hydroxyl groups is 1. The first kappa shape index (κ1) is 20.0. The second-order valence-corrected chi connectivity index (χ2v) is 6.86. The Hall–Kier alpha value is -2.70. The summed E-state index contributed by atoms with van der Waals surface area (Å²) in [4.78, 5) is 12.9. The average Bonchev–Trinajstić information content (AvgIpc) is 2.72. The Morgan fingerprint density at radius 1 is 1.07 bits per heavy atom. The lowest BCUT2D eigenvalue weighted by atomic mass is 10.0. The highest BCUT2D eigenvalue weighted by Gasteiger charge is 2.27. The molecule has 0 aliphatic heterocycles. The van der Waals surface area contributed by atoms with Crippen LogP contribution in [0.15, 0.2) is 65.1 Å². The molecule has 3 aromatic carbocycles. The summed E-state index contributed by atoms with van der Waals surface area (Å²) in [6.07, 6.45) is 0. The van der Waals surface area contributed by atoms with Gasteiger partial charge in [0.05, 0.1) is 16.6 Å². The van der Waals surface area contributed by atoms with E-state index in [1.54, 1.807) is 37.3 Å². The molecule has 0 atom stereocenters. The molecular formula is C22H18BrFO4. The molecule has 0 aromatic heterocycles. The van der Waals surface area contributed by atoms with Gasteiger partial charge >= 0.3 is 5.97 Å². The van der Waals surface area contributed by atoms with Crippen molar-refractivity contribution in [1.82, 2.24) is 0 Å². The summed E-state index contributed by atoms with van der Waals surface area (Å²) >= 11 is 3.16. The van der Waals surface area contributed by atoms with E-state index < -0.39 is 18.4 Å². The van der Waals surface area contributed by atoms with Gasteiger partial charge < -0.3 is 14.6 Å². The second-order valence-electron chi connectivity index (χ2n) is 6.07. The van der Waals surface area contributed by atoms with E-state index in [-0.39, 0.29) is 28.0 Å². The quantitative estimate of drug-likeness (QED) is 0.419. The minimum Gasteiger partial charge on any atom is -0.487 e. The number of carbonyl (C=O) groups excluding carboxylic acids is 1. The maximum Gasteiger partial charge on any atom is 0.347 e. The molecule has 0 aliphatic rings. The molecule has 0 saturated carbocycles. The summed E-state index contributed by atoms with van der Waals surface area (Å²) in [6, 6.07) is 17.8. The smallest absolute Gasteiger partial charge is 0.347 e. The molecule has 0 amide bonds. The zero-order chi connectivity index (χ0) is 20.1. The monoisotopic (exact) mass is 444 g/mol. The molecule has 6 heteroatoms. The number of benzene rings is 3. The SMILES string of the molecule is Cc1c(Br)c(F)c(CO)c(OCc2ccccc2)c1C(=O)Oc1ccccc1. The Balaban J connectivity index is 2.03. The molecule has 0 fully saturated rings. The van der Waals surface area contributed by atoms with Gasteiger partial charge in [-0.25, -0.2) is 9.18 Å². The van der Waals surface area contributed by atoms with Crippen molar-refractivity contribution in [3.63, 3.8) is 0 Å². The number of halogens is 2. The lowest BCUT2D eigenvalue weighted by Gasteiger charge is -2.19. The van der Waals surface area contributed by atoms with E-state index in [1.807, 2.05) is 30.3 Å². The summed E-state index contributed by atoms with van der Waals surface area (Å²) in [5, 5.41) is 9.71. The molecule has 1 N–H and O–H groups in total. The third-order valence-electron chi connectivity index (χ3n) is 4.21. The first-order valence-corrected chi connectivity index (χ1v) is 9.37. The van der Waals surface area contributed by atoms with Crippen LogP contribution in [0.25, 0.3) is 0 Å². The van der Waals surface area contributed by atoms with Crippen molar-refractivity contribution in [3.05, 3.63) is 93.2 Å². The van der Waals surface area contributed by atoms with Crippen LogP contribution >= 0.6 is 15.9 Å². The molecule has 0 heterocycles. The number of rotatable bonds is 6. The summed E-state index contributed by atoms with van der Waals surface area (Å²) in [5.74, 6) is -1.03. The highest BCUT2D eigenvalue weighted by molar-refractivity contribution is 9.10. The van der Waals surface area contributed by atoms with Crippen molar-refractivity contribution in [2.24, 2.45) is 0 Å². The molecule has 0 bridgehead atoms. The van der Waals surface area contributed by atoms with Gasteiger partial charge in [0.1, 0.15) is 29.5 Å². The van der Waals surface area contributed by atoms with Crippen LogP contribution in [-0.4, -0.2) is 11.1 Å².